The van der Waals surface area contributed by atoms with E-state index in [9.17, 15) is 4.79 Å². The van der Waals surface area contributed by atoms with Gasteiger partial charge in [-0.3, -0.25) is 4.79 Å². The molecule has 2 fully saturated rings. The van der Waals surface area contributed by atoms with Crippen molar-refractivity contribution in [2.24, 2.45) is 23.5 Å². The molecular weight excluding hydrogens is 236 g/mol. The number of hydrogen-bond donors (Lipinski definition) is 1. The van der Waals surface area contributed by atoms with Crippen LogP contribution >= 0.6 is 0 Å². The Morgan fingerprint density at radius 3 is 2.63 bits per heavy atom. The molecule has 0 radical (unpaired) electrons. The Balaban J connectivity index is 2.04. The van der Waals surface area contributed by atoms with E-state index in [1.54, 1.807) is 0 Å². The molecule has 1 saturated heterocycles. The van der Waals surface area contributed by atoms with Crippen molar-refractivity contribution in [1.82, 2.24) is 4.90 Å². The van der Waals surface area contributed by atoms with Crippen LogP contribution in [0, 0.1) is 17.8 Å². The summed E-state index contributed by atoms with van der Waals surface area (Å²) in [6.07, 6.45) is 7.07. The first-order chi connectivity index (χ1) is 9.00. The molecule has 2 aliphatic rings. The van der Waals surface area contributed by atoms with Crippen LogP contribution in [0.4, 0.5) is 0 Å². The fourth-order valence-corrected chi connectivity index (χ4v) is 4.01. The average molecular weight is 266 g/mol. The Kier molecular flexibility index (Phi) is 4.88. The third-order valence-corrected chi connectivity index (χ3v) is 5.06. The van der Waals surface area contributed by atoms with E-state index >= 15 is 0 Å². The summed E-state index contributed by atoms with van der Waals surface area (Å²) in [6, 6.07) is 0.180. The van der Waals surface area contributed by atoms with E-state index in [4.69, 9.17) is 5.73 Å². The van der Waals surface area contributed by atoms with Gasteiger partial charge in [-0.15, -0.1) is 0 Å². The number of nitrogens with two attached hydrogens (primary N) is 1. The molecule has 19 heavy (non-hydrogen) atoms. The molecule has 1 aliphatic heterocycles. The fourth-order valence-electron chi connectivity index (χ4n) is 4.01. The lowest BCUT2D eigenvalue weighted by molar-refractivity contribution is -0.140. The molecule has 3 heteroatoms. The number of fused-ring (bicyclic) bond motifs is 1. The number of rotatable bonds is 3. The summed E-state index contributed by atoms with van der Waals surface area (Å²) in [7, 11) is 0. The molecule has 0 aromatic rings. The van der Waals surface area contributed by atoms with Crippen LogP contribution in [-0.2, 0) is 4.79 Å². The van der Waals surface area contributed by atoms with Crippen molar-refractivity contribution in [3.05, 3.63) is 0 Å². The van der Waals surface area contributed by atoms with Gasteiger partial charge in [0.25, 0.3) is 0 Å². The monoisotopic (exact) mass is 266 g/mol. The van der Waals surface area contributed by atoms with Crippen molar-refractivity contribution in [3.8, 4) is 0 Å². The topological polar surface area (TPSA) is 46.3 Å². The summed E-state index contributed by atoms with van der Waals surface area (Å²) in [4.78, 5) is 14.7. The van der Waals surface area contributed by atoms with Crippen molar-refractivity contribution in [1.29, 1.82) is 0 Å². The number of hydrogen-bond acceptors (Lipinski definition) is 2. The largest absolute Gasteiger partial charge is 0.338 e. The molecule has 4 atom stereocenters. The normalized spacial score (nSPS) is 33.1. The van der Waals surface area contributed by atoms with Gasteiger partial charge in [-0.05, 0) is 43.4 Å². The molecule has 4 unspecified atom stereocenters. The predicted molar refractivity (Wildman–Crippen MR) is 78.7 cm³/mol. The summed E-state index contributed by atoms with van der Waals surface area (Å²) >= 11 is 0. The molecule has 2 rings (SSSR count). The van der Waals surface area contributed by atoms with E-state index < -0.39 is 0 Å². The van der Waals surface area contributed by atoms with Crippen molar-refractivity contribution in [2.75, 3.05) is 6.54 Å². The summed E-state index contributed by atoms with van der Waals surface area (Å²) in [5.41, 5.74) is 6.11. The quantitative estimate of drug-likeness (QED) is 0.854. The van der Waals surface area contributed by atoms with Crippen molar-refractivity contribution in [2.45, 2.75) is 71.4 Å². The third-order valence-electron chi connectivity index (χ3n) is 5.06. The van der Waals surface area contributed by atoms with Gasteiger partial charge in [0.15, 0.2) is 0 Å². The van der Waals surface area contributed by atoms with E-state index in [1.165, 1.54) is 25.7 Å². The number of carbonyl (C=O) groups excluding carboxylic acids is 1. The van der Waals surface area contributed by atoms with Crippen LogP contribution in [0.1, 0.15) is 59.3 Å². The lowest BCUT2D eigenvalue weighted by atomic mass is 9.72. The van der Waals surface area contributed by atoms with E-state index in [2.05, 4.69) is 25.7 Å². The molecule has 2 N–H and O–H groups in total. The summed E-state index contributed by atoms with van der Waals surface area (Å²) in [5, 5.41) is 0. The predicted octanol–water partition coefficient (Wildman–Crippen LogP) is 2.79. The minimum Gasteiger partial charge on any atom is -0.338 e. The zero-order valence-corrected chi connectivity index (χ0v) is 12.8. The van der Waals surface area contributed by atoms with Gasteiger partial charge in [-0.2, -0.15) is 0 Å². The van der Waals surface area contributed by atoms with Gasteiger partial charge in [-0.25, -0.2) is 0 Å². The number of likely N-dealkylation sites (tertiary alicyclic amines) is 1. The molecule has 1 aliphatic carbocycles. The average Bonchev–Trinajstić information content (AvgIpc) is 2.38. The highest BCUT2D eigenvalue weighted by molar-refractivity contribution is 5.82. The standard InChI is InChI=1S/C16H30N2O/c1-11(2)10-14(17)16(19)18-9-8-12(3)13-6-4-5-7-15(13)18/h11-15H,4-10,17H2,1-3H3. The van der Waals surface area contributed by atoms with Gasteiger partial charge in [-0.1, -0.05) is 33.6 Å². The van der Waals surface area contributed by atoms with Gasteiger partial charge in [0, 0.05) is 12.6 Å². The van der Waals surface area contributed by atoms with Crippen LogP contribution in [0.2, 0.25) is 0 Å². The van der Waals surface area contributed by atoms with Crippen LogP contribution in [-0.4, -0.2) is 29.4 Å². The molecule has 1 amide bonds. The lowest BCUT2D eigenvalue weighted by Crippen LogP contribution is -2.56. The minimum atomic E-state index is -0.295. The van der Waals surface area contributed by atoms with E-state index in [0.717, 1.165) is 31.2 Å². The van der Waals surface area contributed by atoms with Gasteiger partial charge >= 0.3 is 0 Å². The third kappa shape index (κ3) is 3.31. The second-order valence-electron chi connectivity index (χ2n) is 7.05. The van der Waals surface area contributed by atoms with Gasteiger partial charge in [0.1, 0.15) is 0 Å². The maximum atomic E-state index is 12.6. The molecule has 1 saturated carbocycles. The second kappa shape index (κ2) is 6.25. The SMILES string of the molecule is CC(C)CC(N)C(=O)N1CCC(C)C2CCCCC21. The maximum Gasteiger partial charge on any atom is 0.239 e. The number of carbonyl (C=O) groups is 1. The molecule has 0 spiro atoms. The Morgan fingerprint density at radius 1 is 1.26 bits per heavy atom. The molecular formula is C16H30N2O. The summed E-state index contributed by atoms with van der Waals surface area (Å²) in [6.45, 7) is 7.55. The molecule has 0 bridgehead atoms. The fraction of sp³-hybridized carbons (Fsp3) is 0.938. The van der Waals surface area contributed by atoms with Crippen LogP contribution in [0.25, 0.3) is 0 Å². The smallest absolute Gasteiger partial charge is 0.239 e. The summed E-state index contributed by atoms with van der Waals surface area (Å²) < 4.78 is 0. The van der Waals surface area contributed by atoms with Crippen LogP contribution in [0.5, 0.6) is 0 Å². The second-order valence-corrected chi connectivity index (χ2v) is 7.05. The van der Waals surface area contributed by atoms with Crippen LogP contribution in [0.3, 0.4) is 0 Å². The molecule has 1 heterocycles. The number of nitrogens with zero attached hydrogens (tertiary/aromatic N) is 1. The Hall–Kier alpha value is -0.570. The minimum absolute atomic E-state index is 0.206. The zero-order valence-electron chi connectivity index (χ0n) is 12.8. The Morgan fingerprint density at radius 2 is 1.95 bits per heavy atom. The van der Waals surface area contributed by atoms with Gasteiger partial charge < -0.3 is 10.6 Å². The van der Waals surface area contributed by atoms with Crippen LogP contribution < -0.4 is 5.73 Å². The molecule has 3 nitrogen and oxygen atoms in total. The van der Waals surface area contributed by atoms with Crippen molar-refractivity contribution >= 4 is 5.91 Å². The highest BCUT2D eigenvalue weighted by atomic mass is 16.2. The first-order valence-electron chi connectivity index (χ1n) is 8.06. The van der Waals surface area contributed by atoms with Crippen molar-refractivity contribution in [3.63, 3.8) is 0 Å². The zero-order chi connectivity index (χ0) is 14.0. The first-order valence-corrected chi connectivity index (χ1v) is 8.06. The maximum absolute atomic E-state index is 12.6. The van der Waals surface area contributed by atoms with E-state index in [0.29, 0.717) is 12.0 Å². The molecule has 110 valence electrons. The van der Waals surface area contributed by atoms with Crippen molar-refractivity contribution < 1.29 is 4.79 Å². The first kappa shape index (κ1) is 14.8. The van der Waals surface area contributed by atoms with E-state index in [-0.39, 0.29) is 11.9 Å². The van der Waals surface area contributed by atoms with Gasteiger partial charge in [0.2, 0.25) is 5.91 Å². The van der Waals surface area contributed by atoms with E-state index in [1.807, 2.05) is 0 Å². The Labute approximate surface area is 117 Å². The Bertz CT molecular complexity index is 316. The molecule has 0 aromatic heterocycles. The number of piperidine rings is 1. The number of amides is 1. The lowest BCUT2D eigenvalue weighted by Gasteiger charge is -2.48. The van der Waals surface area contributed by atoms with Crippen LogP contribution in [0.15, 0.2) is 0 Å². The highest BCUT2D eigenvalue weighted by Gasteiger charge is 2.40. The van der Waals surface area contributed by atoms with Gasteiger partial charge in [0.05, 0.1) is 6.04 Å². The highest BCUT2D eigenvalue weighted by Crippen LogP contribution is 2.39. The summed E-state index contributed by atoms with van der Waals surface area (Å²) in [5.74, 6) is 2.19. The molecule has 0 aromatic carbocycles.